The van der Waals surface area contributed by atoms with Crippen LogP contribution >= 0.6 is 24.8 Å². The highest BCUT2D eigenvalue weighted by atomic mass is 32.1. The van der Waals surface area contributed by atoms with Gasteiger partial charge in [0.25, 0.3) is 0 Å². The van der Waals surface area contributed by atoms with Gasteiger partial charge < -0.3 is 18.0 Å². The van der Waals surface area contributed by atoms with E-state index in [-0.39, 0.29) is 16.6 Å². The van der Waals surface area contributed by atoms with E-state index in [4.69, 9.17) is 5.73 Å². The number of thiocarbonyl (C=S) groups is 1. The van der Waals surface area contributed by atoms with Crippen LogP contribution in [0.3, 0.4) is 0 Å². The van der Waals surface area contributed by atoms with Crippen molar-refractivity contribution in [1.29, 1.82) is 0 Å². The summed E-state index contributed by atoms with van der Waals surface area (Å²) in [4.78, 5) is 0. The summed E-state index contributed by atoms with van der Waals surface area (Å²) in [6, 6.07) is 0. The monoisotopic (exact) mass is 127 g/mol. The second-order valence-electron chi connectivity index (χ2n) is 0.338. The normalized spacial score (nSPS) is 4.17. The van der Waals surface area contributed by atoms with E-state index in [0.717, 1.165) is 0 Å². The van der Waals surface area contributed by atoms with Gasteiger partial charge in [-0.1, -0.05) is 12.2 Å². The van der Waals surface area contributed by atoms with E-state index in [1.54, 1.807) is 0 Å². The lowest BCUT2D eigenvalue weighted by Crippen LogP contribution is -1.94. The summed E-state index contributed by atoms with van der Waals surface area (Å²) in [6.07, 6.45) is 0. The minimum Gasteiger partial charge on any atom is -0.385 e. The van der Waals surface area contributed by atoms with Gasteiger partial charge in [0.05, 0.1) is 0 Å². The number of nitrogens with two attached hydrogens (primary N) is 1. The van der Waals surface area contributed by atoms with Crippen LogP contribution in [0, 0.1) is 0 Å². The first-order valence-corrected chi connectivity index (χ1v) is 1.57. The van der Waals surface area contributed by atoms with Gasteiger partial charge in [-0.15, -0.1) is 12.6 Å². The third-order valence-corrected chi connectivity index (χ3v) is 0. The van der Waals surface area contributed by atoms with Crippen molar-refractivity contribution < 1.29 is 0 Å². The average Bonchev–Trinajstić information content (AvgIpc) is 0.811. The quantitative estimate of drug-likeness (QED) is 0.281. The molecule has 0 rings (SSSR count). The molecule has 0 saturated carbocycles. The average molecular weight is 127 g/mol. The van der Waals surface area contributed by atoms with Crippen LogP contribution in [0.4, 0.5) is 0 Å². The first kappa shape index (κ1) is 16.4. The molecule has 0 heterocycles. The summed E-state index contributed by atoms with van der Waals surface area (Å²) >= 11 is 7.65. The topological polar surface area (TPSA) is 96.0 Å². The molecule has 40 valence electrons. The molecule has 0 aromatic carbocycles. The van der Waals surface area contributed by atoms with Crippen molar-refractivity contribution in [2.24, 2.45) is 5.73 Å². The Morgan fingerprint density at radius 1 is 1.50 bits per heavy atom. The van der Waals surface area contributed by atoms with Gasteiger partial charge in [-0.3, -0.25) is 0 Å². The molecule has 0 aliphatic rings. The van der Waals surface area contributed by atoms with Gasteiger partial charge in [-0.2, -0.15) is 0 Å². The molecule has 0 amide bonds. The Hall–Kier alpha value is 0.160. The van der Waals surface area contributed by atoms with Crippen LogP contribution in [-0.2, 0) is 0 Å². The lowest BCUT2D eigenvalue weighted by atomic mass is 11.5. The molecule has 0 spiro atoms. The minimum atomic E-state index is 0. The van der Waals surface area contributed by atoms with Crippen LogP contribution in [0.1, 0.15) is 0 Å². The van der Waals surface area contributed by atoms with Gasteiger partial charge in [-0.05, 0) is 0 Å². The fourth-order valence-corrected chi connectivity index (χ4v) is 0. The van der Waals surface area contributed by atoms with Crippen LogP contribution in [0.5, 0.6) is 0 Å². The van der Waals surface area contributed by atoms with Gasteiger partial charge in [-0.25, -0.2) is 0 Å². The molecular formula is CH9N3S2. The van der Waals surface area contributed by atoms with Crippen molar-refractivity contribution in [3.63, 3.8) is 0 Å². The van der Waals surface area contributed by atoms with Gasteiger partial charge in [0, 0.05) is 0 Å². The third kappa shape index (κ3) is 1620. The van der Waals surface area contributed by atoms with Crippen molar-refractivity contribution in [3.8, 4) is 0 Å². The van der Waals surface area contributed by atoms with Gasteiger partial charge in [0.2, 0.25) is 0 Å². The highest BCUT2D eigenvalue weighted by Gasteiger charge is 1.55. The maximum Gasteiger partial charge on any atom is 0.128 e. The molecule has 0 saturated heterocycles. The summed E-state index contributed by atoms with van der Waals surface area (Å²) < 4.78 is 0.194. The number of hydrogen-bond donors (Lipinski definition) is 4. The molecule has 8 N–H and O–H groups in total. The maximum absolute atomic E-state index is 4.71. The van der Waals surface area contributed by atoms with E-state index in [1.165, 1.54) is 0 Å². The van der Waals surface area contributed by atoms with Gasteiger partial charge in [0.15, 0.2) is 0 Å². The SMILES string of the molecule is N.N.NC(=S)S. The summed E-state index contributed by atoms with van der Waals surface area (Å²) in [5.74, 6) is 0. The number of hydrogen-bond acceptors (Lipinski definition) is 3. The van der Waals surface area contributed by atoms with Crippen molar-refractivity contribution in [2.45, 2.75) is 0 Å². The molecule has 0 aromatic heterocycles. The van der Waals surface area contributed by atoms with E-state index in [0.29, 0.717) is 0 Å². The smallest absolute Gasteiger partial charge is 0.128 e. The zero-order chi connectivity index (χ0) is 3.58. The van der Waals surface area contributed by atoms with Gasteiger partial charge in [0.1, 0.15) is 4.32 Å². The second kappa shape index (κ2) is 8.94. The lowest BCUT2D eigenvalue weighted by Gasteiger charge is -1.64. The molecule has 0 aromatic rings. The highest BCUT2D eigenvalue weighted by molar-refractivity contribution is 8.10. The first-order chi connectivity index (χ1) is 1.73. The van der Waals surface area contributed by atoms with Crippen molar-refractivity contribution in [3.05, 3.63) is 0 Å². The zero-order valence-corrected chi connectivity index (χ0v) is 5.06. The Balaban J connectivity index is -0.0000000450. The number of thiol groups is 1. The van der Waals surface area contributed by atoms with Crippen LogP contribution in [0.15, 0.2) is 0 Å². The van der Waals surface area contributed by atoms with Crippen molar-refractivity contribution in [1.82, 2.24) is 12.3 Å². The molecule has 5 heteroatoms. The molecule has 0 fully saturated rings. The molecule has 0 aliphatic heterocycles. The van der Waals surface area contributed by atoms with E-state index < -0.39 is 0 Å². The van der Waals surface area contributed by atoms with Crippen LogP contribution < -0.4 is 18.0 Å². The predicted molar refractivity (Wildman–Crippen MR) is 35.8 cm³/mol. The molecule has 0 bridgehead atoms. The van der Waals surface area contributed by atoms with Crippen LogP contribution in [-0.4, -0.2) is 4.32 Å². The second-order valence-corrected chi connectivity index (χ2v) is 1.56. The van der Waals surface area contributed by atoms with E-state index in [9.17, 15) is 0 Å². The summed E-state index contributed by atoms with van der Waals surface area (Å²) in [6.45, 7) is 0. The molecule has 0 radical (unpaired) electrons. The fourth-order valence-electron chi connectivity index (χ4n) is 0. The maximum atomic E-state index is 4.71. The zero-order valence-electron chi connectivity index (χ0n) is 3.35. The molecular weight excluding hydrogens is 118 g/mol. The fraction of sp³-hybridized carbons (Fsp3) is 0. The molecule has 0 atom stereocenters. The van der Waals surface area contributed by atoms with E-state index in [1.807, 2.05) is 0 Å². The molecule has 6 heavy (non-hydrogen) atoms. The Labute approximate surface area is 47.9 Å². The van der Waals surface area contributed by atoms with Gasteiger partial charge >= 0.3 is 0 Å². The molecule has 3 nitrogen and oxygen atoms in total. The Morgan fingerprint density at radius 2 is 1.50 bits per heavy atom. The van der Waals surface area contributed by atoms with Crippen molar-refractivity contribution >= 4 is 29.2 Å². The standard InChI is InChI=1S/CH3NS2.2H3N/c2-1(3)4;;/h(H3,2,3,4);2*1H3. The largest absolute Gasteiger partial charge is 0.385 e. The lowest BCUT2D eigenvalue weighted by molar-refractivity contribution is 1.91. The number of rotatable bonds is 0. The Bertz CT molecular complexity index is 31.8. The molecule has 0 aliphatic carbocycles. The van der Waals surface area contributed by atoms with E-state index in [2.05, 4.69) is 24.8 Å². The summed E-state index contributed by atoms with van der Waals surface area (Å²) in [7, 11) is 0. The Morgan fingerprint density at radius 3 is 1.50 bits per heavy atom. The molecule has 0 unspecified atom stereocenters. The summed E-state index contributed by atoms with van der Waals surface area (Å²) in [5, 5.41) is 0. The van der Waals surface area contributed by atoms with Crippen molar-refractivity contribution in [2.75, 3.05) is 0 Å². The van der Waals surface area contributed by atoms with Crippen LogP contribution in [0.25, 0.3) is 0 Å². The third-order valence-electron chi connectivity index (χ3n) is 0. The van der Waals surface area contributed by atoms with E-state index >= 15 is 0 Å². The predicted octanol–water partition coefficient (Wildman–Crippen LogP) is 0.484. The minimum absolute atomic E-state index is 0. The summed E-state index contributed by atoms with van der Waals surface area (Å²) in [5.41, 5.74) is 4.71. The Kier molecular flexibility index (Phi) is 24.5. The first-order valence-electron chi connectivity index (χ1n) is 0.716. The highest BCUT2D eigenvalue weighted by Crippen LogP contribution is 1.63. The van der Waals surface area contributed by atoms with Crippen LogP contribution in [0.2, 0.25) is 0 Å².